The van der Waals surface area contributed by atoms with E-state index in [1.807, 2.05) is 0 Å². The van der Waals surface area contributed by atoms with Crippen molar-refractivity contribution in [1.82, 2.24) is 0 Å². The number of nitrogens with zero attached hydrogens (tertiary/aromatic N) is 2. The van der Waals surface area contributed by atoms with Gasteiger partial charge in [0.1, 0.15) is 0 Å². The molecule has 1 amide bonds. The molecule has 0 unspecified atom stereocenters. The van der Waals surface area contributed by atoms with Crippen LogP contribution in [0.1, 0.15) is 10.5 Å². The molecule has 0 spiro atoms. The molecule has 3 aromatic rings. The van der Waals surface area contributed by atoms with E-state index in [-0.39, 0.29) is 26.3 Å². The molecular weight excluding hydrogens is 362 g/mol. The lowest BCUT2D eigenvalue weighted by molar-refractivity contribution is -0.619. The van der Waals surface area contributed by atoms with Crippen LogP contribution in [-0.4, -0.2) is 14.3 Å². The number of aromatic nitrogens is 2. The second kappa shape index (κ2) is 6.13. The van der Waals surface area contributed by atoms with Gasteiger partial charge in [-0.25, -0.2) is 18.3 Å². The zero-order valence-corrected chi connectivity index (χ0v) is 13.9. The molecule has 0 saturated heterocycles. The summed E-state index contributed by atoms with van der Waals surface area (Å²) in [6, 6.07) is 10.8. The van der Waals surface area contributed by atoms with Gasteiger partial charge in [-0.3, -0.25) is 10.5 Å². The Morgan fingerprint density at radius 2 is 1.50 bits per heavy atom. The quantitative estimate of drug-likeness (QED) is 0.415. The summed E-state index contributed by atoms with van der Waals surface area (Å²) >= 11 is 0. The first-order valence-electron chi connectivity index (χ1n) is 7.17. The first kappa shape index (κ1) is 17.4. The number of nitrogen functional groups attached to an aromatic ring is 1. The monoisotopic (exact) mass is 375 g/mol. The zero-order valence-electron chi connectivity index (χ0n) is 13.1. The van der Waals surface area contributed by atoms with Gasteiger partial charge in [0.15, 0.2) is 0 Å². The summed E-state index contributed by atoms with van der Waals surface area (Å²) in [5.41, 5.74) is 5.27. The van der Waals surface area contributed by atoms with Crippen LogP contribution < -0.4 is 25.7 Å². The van der Waals surface area contributed by atoms with Gasteiger partial charge in [-0.1, -0.05) is 12.1 Å². The number of primary sulfonamides is 1. The molecule has 3 rings (SSSR count). The number of carbonyl (C=O) groups excluding carboxylic acids is 1. The zero-order chi connectivity index (χ0) is 19.1. The average molecular weight is 375 g/mol. The molecule has 0 saturated carbocycles. The molecule has 134 valence electrons. The topological polar surface area (TPSA) is 169 Å². The van der Waals surface area contributed by atoms with Crippen molar-refractivity contribution >= 4 is 38.5 Å². The Hall–Kier alpha value is -3.44. The van der Waals surface area contributed by atoms with Crippen molar-refractivity contribution in [3.63, 3.8) is 0 Å². The Bertz CT molecular complexity index is 1130. The third-order valence-electron chi connectivity index (χ3n) is 3.64. The fourth-order valence-corrected chi connectivity index (χ4v) is 2.90. The maximum absolute atomic E-state index is 12.4. The van der Waals surface area contributed by atoms with Gasteiger partial charge in [0.25, 0.3) is 5.52 Å². The highest BCUT2D eigenvalue weighted by atomic mass is 32.2. The van der Waals surface area contributed by atoms with Gasteiger partial charge in [0.05, 0.1) is 4.90 Å². The number of carbonyl (C=O) groups is 1. The SMILES string of the molecule is Nc1c(C(=O)Nc2ccc(S(N)(=O)=O)cc2)[n+]([O-])c2ccccc2[n+]1[O-]. The minimum atomic E-state index is -3.88. The van der Waals surface area contributed by atoms with Crippen LogP contribution in [0.5, 0.6) is 0 Å². The summed E-state index contributed by atoms with van der Waals surface area (Å²) < 4.78 is 23.0. The summed E-state index contributed by atoms with van der Waals surface area (Å²) in [6.45, 7) is 0. The van der Waals surface area contributed by atoms with Crippen molar-refractivity contribution in [2.45, 2.75) is 4.90 Å². The first-order chi connectivity index (χ1) is 12.2. The van der Waals surface area contributed by atoms with Gasteiger partial charge in [-0.05, 0) is 30.3 Å². The van der Waals surface area contributed by atoms with Gasteiger partial charge >= 0.3 is 17.4 Å². The molecule has 0 aliphatic heterocycles. The minimum Gasteiger partial charge on any atom is -0.710 e. The van der Waals surface area contributed by atoms with Crippen LogP contribution in [0.4, 0.5) is 11.5 Å². The number of benzene rings is 2. The normalized spacial score (nSPS) is 11.4. The lowest BCUT2D eigenvalue weighted by Gasteiger charge is -2.13. The average Bonchev–Trinajstić information content (AvgIpc) is 2.59. The lowest BCUT2D eigenvalue weighted by Crippen LogP contribution is -2.47. The van der Waals surface area contributed by atoms with E-state index in [2.05, 4.69) is 5.32 Å². The summed E-state index contributed by atoms with van der Waals surface area (Å²) in [4.78, 5) is 12.3. The number of nitrogens with two attached hydrogens (primary N) is 2. The highest BCUT2D eigenvalue weighted by Gasteiger charge is 2.30. The van der Waals surface area contributed by atoms with Crippen LogP contribution in [0.15, 0.2) is 53.4 Å². The van der Waals surface area contributed by atoms with Crippen molar-refractivity contribution < 1.29 is 22.7 Å². The van der Waals surface area contributed by atoms with E-state index in [1.165, 1.54) is 36.4 Å². The second-order valence-corrected chi connectivity index (χ2v) is 6.90. The number of anilines is 2. The highest BCUT2D eigenvalue weighted by Crippen LogP contribution is 2.15. The number of sulfonamides is 1. The van der Waals surface area contributed by atoms with Crippen LogP contribution in [0.3, 0.4) is 0 Å². The Balaban J connectivity index is 2.01. The van der Waals surface area contributed by atoms with E-state index >= 15 is 0 Å². The number of para-hydroxylation sites is 2. The molecule has 0 aliphatic carbocycles. The van der Waals surface area contributed by atoms with Crippen molar-refractivity contribution in [1.29, 1.82) is 0 Å². The molecule has 0 bridgehead atoms. The number of nitrogens with one attached hydrogen (secondary N) is 1. The fourth-order valence-electron chi connectivity index (χ4n) is 2.38. The van der Waals surface area contributed by atoms with Crippen LogP contribution in [0.25, 0.3) is 11.0 Å². The molecule has 10 nitrogen and oxygen atoms in total. The van der Waals surface area contributed by atoms with E-state index in [4.69, 9.17) is 10.9 Å². The first-order valence-corrected chi connectivity index (χ1v) is 8.72. The number of hydrogen-bond donors (Lipinski definition) is 3. The molecule has 11 heteroatoms. The van der Waals surface area contributed by atoms with E-state index in [9.17, 15) is 23.6 Å². The highest BCUT2D eigenvalue weighted by molar-refractivity contribution is 7.89. The standard InChI is InChI=1S/C15H13N5O5S/c16-14-13(19(22)11-3-1-2-4-12(11)20(14)23)15(21)18-9-5-7-10(8-6-9)26(17,24)25/h1-8H,16H2,(H,18,21)(H2,17,24,25). The molecule has 2 aromatic carbocycles. The Morgan fingerprint density at radius 3 is 2.04 bits per heavy atom. The third kappa shape index (κ3) is 2.96. The summed E-state index contributed by atoms with van der Waals surface area (Å²) in [6.07, 6.45) is 0. The van der Waals surface area contributed by atoms with Crippen molar-refractivity contribution in [3.8, 4) is 0 Å². The molecule has 1 heterocycles. The Labute approximate surface area is 147 Å². The smallest absolute Gasteiger partial charge is 0.372 e. The van der Waals surface area contributed by atoms with Crippen LogP contribution in [0, 0.1) is 10.4 Å². The largest absolute Gasteiger partial charge is 0.710 e. The predicted octanol–water partition coefficient (Wildman–Crippen LogP) is -0.412. The molecule has 5 N–H and O–H groups in total. The van der Waals surface area contributed by atoms with Crippen molar-refractivity contribution in [2.24, 2.45) is 5.14 Å². The van der Waals surface area contributed by atoms with Gasteiger partial charge in [-0.15, -0.1) is 4.73 Å². The maximum Gasteiger partial charge on any atom is 0.372 e. The third-order valence-corrected chi connectivity index (χ3v) is 4.57. The lowest BCUT2D eigenvalue weighted by atomic mass is 10.2. The van der Waals surface area contributed by atoms with E-state index in [1.54, 1.807) is 12.1 Å². The molecule has 26 heavy (non-hydrogen) atoms. The molecule has 0 fully saturated rings. The van der Waals surface area contributed by atoms with Gasteiger partial charge in [-0.2, -0.15) is 0 Å². The number of hydrogen-bond acceptors (Lipinski definition) is 6. The molecular formula is C15H13N5O5S. The second-order valence-electron chi connectivity index (χ2n) is 5.33. The van der Waals surface area contributed by atoms with Crippen LogP contribution >= 0.6 is 0 Å². The Morgan fingerprint density at radius 1 is 0.962 bits per heavy atom. The molecule has 0 atom stereocenters. The predicted molar refractivity (Wildman–Crippen MR) is 92.0 cm³/mol. The number of rotatable bonds is 3. The summed E-state index contributed by atoms with van der Waals surface area (Å²) in [5, 5.41) is 32.0. The number of amides is 1. The van der Waals surface area contributed by atoms with E-state index < -0.39 is 27.4 Å². The van der Waals surface area contributed by atoms with Crippen LogP contribution in [-0.2, 0) is 10.0 Å². The van der Waals surface area contributed by atoms with Gasteiger partial charge < -0.3 is 15.7 Å². The number of fused-ring (bicyclic) bond motifs is 1. The summed E-state index contributed by atoms with van der Waals surface area (Å²) in [5.74, 6) is -1.48. The van der Waals surface area contributed by atoms with Gasteiger partial charge in [0.2, 0.25) is 15.5 Å². The molecule has 1 aromatic heterocycles. The van der Waals surface area contributed by atoms with Crippen LogP contribution in [0.2, 0.25) is 0 Å². The minimum absolute atomic E-state index is 0.0218. The molecule has 0 radical (unpaired) electrons. The van der Waals surface area contributed by atoms with Gasteiger partial charge in [0, 0.05) is 11.8 Å². The van der Waals surface area contributed by atoms with Crippen molar-refractivity contribution in [2.75, 3.05) is 11.1 Å². The Kier molecular flexibility index (Phi) is 4.10. The molecule has 0 aliphatic rings. The van der Waals surface area contributed by atoms with E-state index in [0.717, 1.165) is 0 Å². The van der Waals surface area contributed by atoms with E-state index in [0.29, 0.717) is 4.73 Å². The van der Waals surface area contributed by atoms with Crippen molar-refractivity contribution in [3.05, 3.63) is 64.6 Å². The fraction of sp³-hybridized carbons (Fsp3) is 0. The summed E-state index contributed by atoms with van der Waals surface area (Å²) in [7, 11) is -3.88. The maximum atomic E-state index is 12.4.